The highest BCUT2D eigenvalue weighted by atomic mass is 35.5. The lowest BCUT2D eigenvalue weighted by molar-refractivity contribution is -0.384. The molecule has 3 aromatic rings. The number of carbonyl (C=O) groups is 1. The molecule has 9 nitrogen and oxygen atoms in total. The molecule has 1 atom stereocenters. The second kappa shape index (κ2) is 9.19. The molecule has 1 heterocycles. The van der Waals surface area contributed by atoms with E-state index in [1.165, 1.54) is 17.0 Å². The standard InChI is InChI=1S/C20H18ClN5O4/c1-25(2)20(27)30-17-9-6-14(21)12-16(17)18(24-19-22-10-3-11-23-19)13-4-7-15(8-5-13)26(28)29/h3-12,18H,1-2H3,(H,22,23,24). The van der Waals surface area contributed by atoms with Gasteiger partial charge in [0.2, 0.25) is 5.95 Å². The zero-order valence-corrected chi connectivity index (χ0v) is 16.9. The molecule has 1 unspecified atom stereocenters. The molecule has 1 N–H and O–H groups in total. The van der Waals surface area contributed by atoms with Gasteiger partial charge in [-0.05, 0) is 42.0 Å². The van der Waals surface area contributed by atoms with Crippen molar-refractivity contribution < 1.29 is 14.5 Å². The lowest BCUT2D eigenvalue weighted by Gasteiger charge is -2.23. The maximum absolute atomic E-state index is 12.1. The Morgan fingerprint density at radius 2 is 1.83 bits per heavy atom. The zero-order valence-electron chi connectivity index (χ0n) is 16.2. The summed E-state index contributed by atoms with van der Waals surface area (Å²) in [5.74, 6) is 0.607. The molecule has 2 aromatic carbocycles. The minimum Gasteiger partial charge on any atom is -0.410 e. The number of nitrogens with one attached hydrogen (secondary N) is 1. The van der Waals surface area contributed by atoms with Crippen molar-refractivity contribution >= 4 is 29.3 Å². The van der Waals surface area contributed by atoms with Crippen molar-refractivity contribution in [3.05, 3.63) is 87.2 Å². The van der Waals surface area contributed by atoms with Crippen molar-refractivity contribution in [2.24, 2.45) is 0 Å². The van der Waals surface area contributed by atoms with Gasteiger partial charge >= 0.3 is 6.09 Å². The van der Waals surface area contributed by atoms with Crippen LogP contribution in [0.5, 0.6) is 5.75 Å². The van der Waals surface area contributed by atoms with Crippen molar-refractivity contribution in [3.8, 4) is 5.75 Å². The first-order chi connectivity index (χ1) is 14.3. The van der Waals surface area contributed by atoms with E-state index in [2.05, 4.69) is 15.3 Å². The number of nitrogens with zero attached hydrogens (tertiary/aromatic N) is 4. The molecule has 3 rings (SSSR count). The fraction of sp³-hybridized carbons (Fsp3) is 0.150. The summed E-state index contributed by atoms with van der Waals surface area (Å²) in [5.41, 5.74) is 1.16. The fourth-order valence-corrected chi connectivity index (χ4v) is 2.84. The van der Waals surface area contributed by atoms with Gasteiger partial charge in [0.15, 0.2) is 0 Å². The molecule has 0 spiro atoms. The highest BCUT2D eigenvalue weighted by Gasteiger charge is 2.23. The van der Waals surface area contributed by atoms with Crippen LogP contribution in [0.25, 0.3) is 0 Å². The van der Waals surface area contributed by atoms with Gasteiger partial charge in [0.05, 0.1) is 11.0 Å². The van der Waals surface area contributed by atoms with Gasteiger partial charge in [-0.3, -0.25) is 10.1 Å². The third-order valence-corrected chi connectivity index (χ3v) is 4.36. The number of benzene rings is 2. The predicted octanol–water partition coefficient (Wildman–Crippen LogP) is 4.30. The van der Waals surface area contributed by atoms with E-state index in [0.717, 1.165) is 0 Å². The molecule has 0 aliphatic heterocycles. The smallest absolute Gasteiger partial charge is 0.410 e. The maximum atomic E-state index is 12.1. The Balaban J connectivity index is 2.08. The van der Waals surface area contributed by atoms with E-state index in [0.29, 0.717) is 22.1 Å². The highest BCUT2D eigenvalue weighted by Crippen LogP contribution is 2.35. The molecule has 0 fully saturated rings. The largest absolute Gasteiger partial charge is 0.414 e. The Hall–Kier alpha value is -3.72. The molecule has 0 bridgehead atoms. The van der Waals surface area contributed by atoms with Crippen LogP contribution in [-0.4, -0.2) is 40.0 Å². The second-order valence-corrected chi connectivity index (χ2v) is 6.88. The van der Waals surface area contributed by atoms with Crippen molar-refractivity contribution in [1.82, 2.24) is 14.9 Å². The van der Waals surface area contributed by atoms with Crippen LogP contribution < -0.4 is 10.1 Å². The van der Waals surface area contributed by atoms with E-state index in [4.69, 9.17) is 16.3 Å². The van der Waals surface area contributed by atoms with Crippen LogP contribution in [0.3, 0.4) is 0 Å². The van der Waals surface area contributed by atoms with Gasteiger partial charge < -0.3 is 15.0 Å². The summed E-state index contributed by atoms with van der Waals surface area (Å²) in [4.78, 5) is 32.3. The number of carbonyl (C=O) groups excluding carboxylic acids is 1. The number of hydrogen-bond acceptors (Lipinski definition) is 7. The number of nitro groups is 1. The summed E-state index contributed by atoms with van der Waals surface area (Å²) < 4.78 is 5.50. The first-order valence-electron chi connectivity index (χ1n) is 8.81. The topological polar surface area (TPSA) is 110 Å². The minimum absolute atomic E-state index is 0.0428. The molecular formula is C20H18ClN5O4. The van der Waals surface area contributed by atoms with E-state index in [1.54, 1.807) is 62.9 Å². The number of anilines is 1. The molecule has 154 valence electrons. The van der Waals surface area contributed by atoms with Crippen LogP contribution in [0, 0.1) is 10.1 Å². The van der Waals surface area contributed by atoms with Gasteiger partial charge in [-0.2, -0.15) is 0 Å². The van der Waals surface area contributed by atoms with Gasteiger partial charge in [0.25, 0.3) is 5.69 Å². The monoisotopic (exact) mass is 427 g/mol. The third-order valence-electron chi connectivity index (χ3n) is 4.12. The Bertz CT molecular complexity index is 1040. The summed E-state index contributed by atoms with van der Waals surface area (Å²) in [6, 6.07) is 11.9. The highest BCUT2D eigenvalue weighted by molar-refractivity contribution is 6.30. The number of non-ortho nitro benzene ring substituents is 1. The lowest BCUT2D eigenvalue weighted by Crippen LogP contribution is -2.26. The number of hydrogen-bond donors (Lipinski definition) is 1. The minimum atomic E-state index is -0.600. The Labute approximate surface area is 177 Å². The SMILES string of the molecule is CN(C)C(=O)Oc1ccc(Cl)cc1C(Nc1ncccn1)c1ccc([N+](=O)[O-])cc1. The van der Waals surface area contributed by atoms with E-state index in [1.807, 2.05) is 0 Å². The molecule has 0 saturated heterocycles. The van der Waals surface area contributed by atoms with E-state index >= 15 is 0 Å². The Morgan fingerprint density at radius 1 is 1.17 bits per heavy atom. The van der Waals surface area contributed by atoms with Crippen molar-refractivity contribution in [2.45, 2.75) is 6.04 Å². The van der Waals surface area contributed by atoms with Gasteiger partial charge in [0, 0.05) is 49.2 Å². The number of rotatable bonds is 6. The summed E-state index contributed by atoms with van der Waals surface area (Å²) >= 11 is 6.22. The number of nitro benzene ring substituents is 1. The van der Waals surface area contributed by atoms with Crippen molar-refractivity contribution in [1.29, 1.82) is 0 Å². The summed E-state index contributed by atoms with van der Waals surface area (Å²) in [7, 11) is 3.14. The number of ether oxygens (including phenoxy) is 1. The molecular weight excluding hydrogens is 410 g/mol. The summed E-state index contributed by atoms with van der Waals surface area (Å²) in [6.07, 6.45) is 2.59. The van der Waals surface area contributed by atoms with E-state index < -0.39 is 17.1 Å². The fourth-order valence-electron chi connectivity index (χ4n) is 2.66. The normalized spacial score (nSPS) is 11.4. The first kappa shape index (κ1) is 21.0. The molecule has 30 heavy (non-hydrogen) atoms. The number of halogens is 1. The van der Waals surface area contributed by atoms with E-state index in [-0.39, 0.29) is 11.4 Å². The van der Waals surface area contributed by atoms with Crippen LogP contribution in [-0.2, 0) is 0 Å². The lowest BCUT2D eigenvalue weighted by atomic mass is 9.97. The van der Waals surface area contributed by atoms with Crippen molar-refractivity contribution in [3.63, 3.8) is 0 Å². The second-order valence-electron chi connectivity index (χ2n) is 6.44. The molecule has 0 saturated carbocycles. The Kier molecular flexibility index (Phi) is 6.43. The summed E-state index contributed by atoms with van der Waals surface area (Å²) in [5, 5.41) is 14.6. The number of amides is 1. The molecule has 0 radical (unpaired) electrons. The average molecular weight is 428 g/mol. The molecule has 10 heteroatoms. The first-order valence-corrected chi connectivity index (χ1v) is 9.19. The van der Waals surface area contributed by atoms with Gasteiger partial charge in [0.1, 0.15) is 5.75 Å². The predicted molar refractivity (Wildman–Crippen MR) is 112 cm³/mol. The van der Waals surface area contributed by atoms with Crippen LogP contribution in [0.4, 0.5) is 16.4 Å². The van der Waals surface area contributed by atoms with Gasteiger partial charge in [-0.1, -0.05) is 11.6 Å². The third kappa shape index (κ3) is 5.00. The van der Waals surface area contributed by atoms with Gasteiger partial charge in [-0.25, -0.2) is 14.8 Å². The molecule has 0 aliphatic carbocycles. The van der Waals surface area contributed by atoms with E-state index in [9.17, 15) is 14.9 Å². The van der Waals surface area contributed by atoms with Crippen LogP contribution in [0.1, 0.15) is 17.2 Å². The molecule has 1 amide bonds. The van der Waals surface area contributed by atoms with Crippen molar-refractivity contribution in [2.75, 3.05) is 19.4 Å². The maximum Gasteiger partial charge on any atom is 0.414 e. The molecule has 0 aliphatic rings. The van der Waals surface area contributed by atoms with Gasteiger partial charge in [-0.15, -0.1) is 0 Å². The quantitative estimate of drug-likeness (QED) is 0.461. The molecule has 1 aromatic heterocycles. The average Bonchev–Trinajstić information content (AvgIpc) is 2.74. The Morgan fingerprint density at radius 3 is 2.43 bits per heavy atom. The number of aromatic nitrogens is 2. The van der Waals surface area contributed by atoms with Crippen LogP contribution in [0.15, 0.2) is 60.9 Å². The van der Waals surface area contributed by atoms with Crippen LogP contribution in [0.2, 0.25) is 5.02 Å². The van der Waals surface area contributed by atoms with Crippen LogP contribution >= 0.6 is 11.6 Å². The summed E-state index contributed by atoms with van der Waals surface area (Å²) in [6.45, 7) is 0. The zero-order chi connectivity index (χ0) is 21.7.